The summed E-state index contributed by atoms with van der Waals surface area (Å²) in [5, 5.41) is 8.95. The Bertz CT molecular complexity index is 547. The first-order valence-electron chi connectivity index (χ1n) is 9.06. The van der Waals surface area contributed by atoms with Crippen molar-refractivity contribution >= 4 is 17.7 Å². The van der Waals surface area contributed by atoms with E-state index in [-0.39, 0.29) is 5.91 Å². The van der Waals surface area contributed by atoms with Crippen molar-refractivity contribution in [1.82, 2.24) is 24.6 Å². The van der Waals surface area contributed by atoms with Gasteiger partial charge in [-0.1, -0.05) is 6.42 Å². The lowest BCUT2D eigenvalue weighted by Gasteiger charge is -2.31. The molecule has 1 amide bonds. The number of aromatic nitrogens is 3. The van der Waals surface area contributed by atoms with Crippen LogP contribution in [0.3, 0.4) is 0 Å². The summed E-state index contributed by atoms with van der Waals surface area (Å²) in [4.78, 5) is 16.5. The Morgan fingerprint density at radius 1 is 1.12 bits per heavy atom. The Kier molecular flexibility index (Phi) is 6.16. The number of carbonyl (C=O) groups is 1. The van der Waals surface area contributed by atoms with Crippen LogP contribution in [0.2, 0.25) is 0 Å². The van der Waals surface area contributed by atoms with Gasteiger partial charge in [-0.3, -0.25) is 9.69 Å². The van der Waals surface area contributed by atoms with Crippen LogP contribution in [0, 0.1) is 0 Å². The molecule has 7 heteroatoms. The highest BCUT2D eigenvalue weighted by atomic mass is 32.2. The summed E-state index contributed by atoms with van der Waals surface area (Å²) >= 11 is 1.60. The molecule has 0 saturated carbocycles. The summed E-state index contributed by atoms with van der Waals surface area (Å²) in [5.74, 6) is 3.46. The van der Waals surface area contributed by atoms with Gasteiger partial charge < -0.3 is 9.47 Å². The van der Waals surface area contributed by atoms with Crippen LogP contribution in [0.15, 0.2) is 0 Å². The first kappa shape index (κ1) is 17.7. The second-order valence-electron chi connectivity index (χ2n) is 6.96. The topological polar surface area (TPSA) is 54.3 Å². The van der Waals surface area contributed by atoms with Gasteiger partial charge in [0.1, 0.15) is 11.6 Å². The number of hydrogen-bond acceptors (Lipinski definition) is 5. The molecule has 2 aliphatic heterocycles. The molecule has 0 aromatic carbocycles. The van der Waals surface area contributed by atoms with Crippen molar-refractivity contribution in [2.24, 2.45) is 7.05 Å². The highest BCUT2D eigenvalue weighted by molar-refractivity contribution is 7.99. The Balaban J connectivity index is 1.57. The smallest absolute Gasteiger partial charge is 0.232 e. The summed E-state index contributed by atoms with van der Waals surface area (Å²) in [7, 11) is 2.10. The minimum atomic E-state index is 0.268. The SMILES string of the molecule is CSCC(=O)N1CCC(c2nnc(CN3CCCCC3)n2C)CC1. The van der Waals surface area contributed by atoms with Gasteiger partial charge in [-0.05, 0) is 45.0 Å². The van der Waals surface area contributed by atoms with Crippen LogP contribution in [0.5, 0.6) is 0 Å². The second kappa shape index (κ2) is 8.34. The lowest BCUT2D eigenvalue weighted by molar-refractivity contribution is -0.129. The summed E-state index contributed by atoms with van der Waals surface area (Å²) in [6.07, 6.45) is 7.93. The fourth-order valence-electron chi connectivity index (χ4n) is 3.79. The molecule has 0 spiro atoms. The van der Waals surface area contributed by atoms with Gasteiger partial charge in [0, 0.05) is 26.1 Å². The minimum Gasteiger partial charge on any atom is -0.342 e. The van der Waals surface area contributed by atoms with Gasteiger partial charge in [-0.2, -0.15) is 11.8 Å². The molecule has 0 bridgehead atoms. The molecule has 3 heterocycles. The van der Waals surface area contributed by atoms with E-state index in [2.05, 4.69) is 26.7 Å². The molecular formula is C17H29N5OS. The summed E-state index contributed by atoms with van der Waals surface area (Å²) < 4.78 is 2.19. The van der Waals surface area contributed by atoms with E-state index in [1.165, 1.54) is 32.4 Å². The number of nitrogens with zero attached hydrogens (tertiary/aromatic N) is 5. The maximum absolute atomic E-state index is 12.0. The molecule has 0 aliphatic carbocycles. The molecule has 134 valence electrons. The molecule has 0 N–H and O–H groups in total. The van der Waals surface area contributed by atoms with Crippen LogP contribution < -0.4 is 0 Å². The fourth-order valence-corrected chi connectivity index (χ4v) is 4.22. The average molecular weight is 352 g/mol. The second-order valence-corrected chi connectivity index (χ2v) is 7.82. The lowest BCUT2D eigenvalue weighted by atomic mass is 9.96. The van der Waals surface area contributed by atoms with Crippen molar-refractivity contribution in [3.63, 3.8) is 0 Å². The number of amides is 1. The van der Waals surface area contributed by atoms with E-state index >= 15 is 0 Å². The number of carbonyl (C=O) groups excluding carboxylic acids is 1. The van der Waals surface area contributed by atoms with Crippen molar-refractivity contribution in [3.8, 4) is 0 Å². The van der Waals surface area contributed by atoms with Crippen molar-refractivity contribution in [1.29, 1.82) is 0 Å². The maximum Gasteiger partial charge on any atom is 0.232 e. The van der Waals surface area contributed by atoms with Crippen LogP contribution in [-0.4, -0.2) is 68.7 Å². The third kappa shape index (κ3) is 4.11. The number of thioether (sulfide) groups is 1. The third-order valence-electron chi connectivity index (χ3n) is 5.29. The average Bonchev–Trinajstić information content (AvgIpc) is 2.97. The minimum absolute atomic E-state index is 0.268. The molecule has 2 aliphatic rings. The van der Waals surface area contributed by atoms with Crippen LogP contribution >= 0.6 is 11.8 Å². The molecule has 2 saturated heterocycles. The Hall–Kier alpha value is -1.08. The maximum atomic E-state index is 12.0. The normalized spacial score (nSPS) is 20.5. The zero-order chi connectivity index (χ0) is 16.9. The molecule has 6 nitrogen and oxygen atoms in total. The summed E-state index contributed by atoms with van der Waals surface area (Å²) in [6, 6.07) is 0. The lowest BCUT2D eigenvalue weighted by Crippen LogP contribution is -2.39. The van der Waals surface area contributed by atoms with Crippen molar-refractivity contribution in [3.05, 3.63) is 11.6 Å². The van der Waals surface area contributed by atoms with E-state index in [1.807, 2.05) is 11.2 Å². The fraction of sp³-hybridized carbons (Fsp3) is 0.824. The number of piperidine rings is 2. The van der Waals surface area contributed by atoms with Gasteiger partial charge in [0.25, 0.3) is 0 Å². The van der Waals surface area contributed by atoms with Crippen LogP contribution in [0.1, 0.15) is 49.7 Å². The highest BCUT2D eigenvalue weighted by Crippen LogP contribution is 2.27. The summed E-state index contributed by atoms with van der Waals surface area (Å²) in [6.45, 7) is 4.96. The Morgan fingerprint density at radius 3 is 2.50 bits per heavy atom. The van der Waals surface area contributed by atoms with Gasteiger partial charge in [-0.25, -0.2) is 0 Å². The number of likely N-dealkylation sites (tertiary alicyclic amines) is 2. The first-order valence-corrected chi connectivity index (χ1v) is 10.5. The van der Waals surface area contributed by atoms with E-state index in [9.17, 15) is 4.79 Å². The molecule has 0 unspecified atom stereocenters. The summed E-state index contributed by atoms with van der Waals surface area (Å²) in [5.41, 5.74) is 0. The van der Waals surface area contributed by atoms with E-state index in [0.717, 1.165) is 44.1 Å². The van der Waals surface area contributed by atoms with Gasteiger partial charge in [0.2, 0.25) is 5.91 Å². The van der Waals surface area contributed by atoms with Crippen molar-refractivity contribution in [2.45, 2.75) is 44.6 Å². The molecule has 1 aromatic heterocycles. The van der Waals surface area contributed by atoms with E-state index in [1.54, 1.807) is 11.8 Å². The van der Waals surface area contributed by atoms with E-state index in [0.29, 0.717) is 11.7 Å². The van der Waals surface area contributed by atoms with Crippen LogP contribution in [0.25, 0.3) is 0 Å². The van der Waals surface area contributed by atoms with Gasteiger partial charge >= 0.3 is 0 Å². The Morgan fingerprint density at radius 2 is 1.83 bits per heavy atom. The molecular weight excluding hydrogens is 322 g/mol. The molecule has 2 fully saturated rings. The Labute approximate surface area is 149 Å². The zero-order valence-electron chi connectivity index (χ0n) is 14.9. The quantitative estimate of drug-likeness (QED) is 0.811. The molecule has 24 heavy (non-hydrogen) atoms. The van der Waals surface area contributed by atoms with Gasteiger partial charge in [-0.15, -0.1) is 10.2 Å². The predicted octanol–water partition coefficient (Wildman–Crippen LogP) is 1.87. The van der Waals surface area contributed by atoms with Crippen LogP contribution in [-0.2, 0) is 18.4 Å². The predicted molar refractivity (Wildman–Crippen MR) is 97.1 cm³/mol. The standard InChI is InChI=1S/C17H29N5OS/c1-20-15(12-21-8-4-3-5-9-21)18-19-17(20)14-6-10-22(11-7-14)16(23)13-24-2/h14H,3-13H2,1-2H3. The van der Waals surface area contributed by atoms with Gasteiger partial charge in [0.15, 0.2) is 0 Å². The largest absolute Gasteiger partial charge is 0.342 e. The van der Waals surface area contributed by atoms with E-state index in [4.69, 9.17) is 0 Å². The number of rotatable bonds is 5. The van der Waals surface area contributed by atoms with Crippen molar-refractivity contribution in [2.75, 3.05) is 38.2 Å². The van der Waals surface area contributed by atoms with Crippen molar-refractivity contribution < 1.29 is 4.79 Å². The first-order chi connectivity index (χ1) is 11.7. The highest BCUT2D eigenvalue weighted by Gasteiger charge is 2.27. The third-order valence-corrected chi connectivity index (χ3v) is 5.83. The van der Waals surface area contributed by atoms with E-state index < -0.39 is 0 Å². The monoisotopic (exact) mass is 351 g/mol. The number of hydrogen-bond donors (Lipinski definition) is 0. The molecule has 3 rings (SSSR count). The molecule has 0 radical (unpaired) electrons. The van der Waals surface area contributed by atoms with Crippen LogP contribution in [0.4, 0.5) is 0 Å². The van der Waals surface area contributed by atoms with Gasteiger partial charge in [0.05, 0.1) is 12.3 Å². The zero-order valence-corrected chi connectivity index (χ0v) is 15.7. The molecule has 1 aromatic rings. The molecule has 0 atom stereocenters.